The van der Waals surface area contributed by atoms with Gasteiger partial charge in [0.2, 0.25) is 0 Å². The molecule has 2 aromatic carbocycles. The first-order valence-electron chi connectivity index (χ1n) is 10.6. The Morgan fingerprint density at radius 3 is 2.55 bits per heavy atom. The fourth-order valence-corrected chi connectivity index (χ4v) is 4.18. The van der Waals surface area contributed by atoms with E-state index in [1.807, 2.05) is 0 Å². The predicted molar refractivity (Wildman–Crippen MR) is 116 cm³/mol. The standard InChI is InChI=1S/C24H24F2N2O5/c1-32-19-6-5-16(14-18(19)26)22(29)20-21(15-3-2-4-17(25)13-15)28(24(31)23(20)30)8-7-27-9-11-33-12-10-27/h2-6,13-14,21,29H,7-12H2,1H3/b22-20+. The second kappa shape index (κ2) is 9.68. The molecule has 2 aliphatic rings. The van der Waals surface area contributed by atoms with E-state index in [1.165, 1.54) is 42.3 Å². The summed E-state index contributed by atoms with van der Waals surface area (Å²) in [5, 5.41) is 11.0. The molecule has 0 saturated carbocycles. The summed E-state index contributed by atoms with van der Waals surface area (Å²) in [6.07, 6.45) is 0. The van der Waals surface area contributed by atoms with Crippen molar-refractivity contribution in [2.24, 2.45) is 0 Å². The minimum absolute atomic E-state index is 0.0147. The molecule has 174 valence electrons. The Kier molecular flexibility index (Phi) is 6.71. The summed E-state index contributed by atoms with van der Waals surface area (Å²) in [5.74, 6) is -3.53. The lowest BCUT2D eigenvalue weighted by atomic mass is 9.95. The molecule has 1 amide bonds. The van der Waals surface area contributed by atoms with Crippen LogP contribution >= 0.6 is 0 Å². The molecule has 2 aromatic rings. The average molecular weight is 458 g/mol. The Hall–Kier alpha value is -3.30. The van der Waals surface area contributed by atoms with Crippen molar-refractivity contribution >= 4 is 17.4 Å². The van der Waals surface area contributed by atoms with Gasteiger partial charge in [0, 0.05) is 31.7 Å². The van der Waals surface area contributed by atoms with Crippen LogP contribution in [0, 0.1) is 11.6 Å². The first-order chi connectivity index (χ1) is 15.9. The number of ketones is 1. The van der Waals surface area contributed by atoms with Crippen LogP contribution in [0.1, 0.15) is 17.2 Å². The van der Waals surface area contributed by atoms with Gasteiger partial charge in [-0.05, 0) is 35.9 Å². The van der Waals surface area contributed by atoms with Crippen molar-refractivity contribution < 1.29 is 33.0 Å². The zero-order chi connectivity index (χ0) is 23.5. The number of carbonyl (C=O) groups is 2. The largest absolute Gasteiger partial charge is 0.507 e. The molecule has 0 aliphatic carbocycles. The molecule has 4 rings (SSSR count). The number of likely N-dealkylation sites (tertiary alicyclic amines) is 1. The van der Waals surface area contributed by atoms with Crippen molar-refractivity contribution in [2.75, 3.05) is 46.5 Å². The number of morpholine rings is 1. The number of halogens is 2. The smallest absolute Gasteiger partial charge is 0.295 e. The van der Waals surface area contributed by atoms with E-state index in [4.69, 9.17) is 9.47 Å². The topological polar surface area (TPSA) is 79.3 Å². The molecule has 2 heterocycles. The summed E-state index contributed by atoms with van der Waals surface area (Å²) < 4.78 is 38.6. The number of amides is 1. The van der Waals surface area contributed by atoms with Gasteiger partial charge in [-0.3, -0.25) is 14.5 Å². The highest BCUT2D eigenvalue weighted by atomic mass is 19.1. The number of ether oxygens (including phenoxy) is 2. The maximum absolute atomic E-state index is 14.3. The van der Waals surface area contributed by atoms with Crippen molar-refractivity contribution in [1.82, 2.24) is 9.80 Å². The zero-order valence-electron chi connectivity index (χ0n) is 18.1. The van der Waals surface area contributed by atoms with Crippen molar-refractivity contribution in [3.05, 3.63) is 70.8 Å². The van der Waals surface area contributed by atoms with Crippen LogP contribution in [-0.2, 0) is 14.3 Å². The maximum Gasteiger partial charge on any atom is 0.295 e. The molecule has 9 heteroatoms. The molecular weight excluding hydrogens is 434 g/mol. The van der Waals surface area contributed by atoms with Gasteiger partial charge in [0.15, 0.2) is 11.6 Å². The molecule has 33 heavy (non-hydrogen) atoms. The van der Waals surface area contributed by atoms with Crippen LogP contribution in [-0.4, -0.2) is 73.1 Å². The molecule has 2 aliphatic heterocycles. The van der Waals surface area contributed by atoms with Gasteiger partial charge in [0.1, 0.15) is 11.6 Å². The monoisotopic (exact) mass is 458 g/mol. The number of benzene rings is 2. The number of Topliss-reactive ketones (excluding diaryl/α,β-unsaturated/α-hetero) is 1. The van der Waals surface area contributed by atoms with E-state index in [0.29, 0.717) is 38.4 Å². The summed E-state index contributed by atoms with van der Waals surface area (Å²) in [4.78, 5) is 29.4. The van der Waals surface area contributed by atoms with Gasteiger partial charge in [-0.2, -0.15) is 0 Å². The van der Waals surface area contributed by atoms with E-state index >= 15 is 0 Å². The number of methoxy groups -OCH3 is 1. The maximum atomic E-state index is 14.3. The predicted octanol–water partition coefficient (Wildman–Crippen LogP) is 2.73. The van der Waals surface area contributed by atoms with Gasteiger partial charge >= 0.3 is 0 Å². The summed E-state index contributed by atoms with van der Waals surface area (Å²) >= 11 is 0. The van der Waals surface area contributed by atoms with Crippen LogP contribution in [0.4, 0.5) is 8.78 Å². The first-order valence-corrected chi connectivity index (χ1v) is 10.6. The van der Waals surface area contributed by atoms with Crippen LogP contribution in [0.25, 0.3) is 5.76 Å². The third-order valence-corrected chi connectivity index (χ3v) is 5.89. The number of aliphatic hydroxyl groups excluding tert-OH is 1. The molecule has 0 bridgehead atoms. The molecule has 1 atom stereocenters. The SMILES string of the molecule is COc1ccc(/C(O)=C2\C(=O)C(=O)N(CCN3CCOCC3)C2c2cccc(F)c2)cc1F. The van der Waals surface area contributed by atoms with Crippen molar-refractivity contribution in [2.45, 2.75) is 6.04 Å². The van der Waals surface area contributed by atoms with E-state index in [1.54, 1.807) is 6.07 Å². The highest BCUT2D eigenvalue weighted by molar-refractivity contribution is 6.46. The van der Waals surface area contributed by atoms with Gasteiger partial charge in [-0.15, -0.1) is 0 Å². The van der Waals surface area contributed by atoms with Crippen molar-refractivity contribution in [1.29, 1.82) is 0 Å². The van der Waals surface area contributed by atoms with Crippen LogP contribution in [0.5, 0.6) is 5.75 Å². The molecule has 0 aromatic heterocycles. The Bertz CT molecular complexity index is 1100. The number of hydrogen-bond donors (Lipinski definition) is 1. The van der Waals surface area contributed by atoms with Crippen LogP contribution < -0.4 is 4.74 Å². The summed E-state index contributed by atoms with van der Waals surface area (Å²) in [7, 11) is 1.31. The van der Waals surface area contributed by atoms with Crippen molar-refractivity contribution in [3.63, 3.8) is 0 Å². The van der Waals surface area contributed by atoms with E-state index in [0.717, 1.165) is 6.07 Å². The van der Waals surface area contributed by atoms with E-state index in [9.17, 15) is 23.5 Å². The number of hydrogen-bond acceptors (Lipinski definition) is 6. The van der Waals surface area contributed by atoms with Gasteiger partial charge in [-0.25, -0.2) is 8.78 Å². The molecule has 1 unspecified atom stereocenters. The fourth-order valence-electron chi connectivity index (χ4n) is 4.18. The molecule has 2 saturated heterocycles. The molecule has 0 radical (unpaired) electrons. The van der Waals surface area contributed by atoms with Crippen LogP contribution in [0.2, 0.25) is 0 Å². The number of rotatable bonds is 6. The van der Waals surface area contributed by atoms with Crippen LogP contribution in [0.3, 0.4) is 0 Å². The quantitative estimate of drug-likeness (QED) is 0.408. The molecule has 7 nitrogen and oxygen atoms in total. The molecule has 0 spiro atoms. The molecule has 2 fully saturated rings. The number of nitrogens with zero attached hydrogens (tertiary/aromatic N) is 2. The average Bonchev–Trinajstić information content (AvgIpc) is 3.07. The second-order valence-corrected chi connectivity index (χ2v) is 7.85. The van der Waals surface area contributed by atoms with Gasteiger partial charge in [0.25, 0.3) is 11.7 Å². The van der Waals surface area contributed by atoms with Gasteiger partial charge in [0.05, 0.1) is 31.9 Å². The number of carbonyl (C=O) groups excluding carboxylic acids is 2. The summed E-state index contributed by atoms with van der Waals surface area (Å²) in [6.45, 7) is 3.22. The van der Waals surface area contributed by atoms with E-state index in [2.05, 4.69) is 4.90 Å². The lowest BCUT2D eigenvalue weighted by molar-refractivity contribution is -0.140. The van der Waals surface area contributed by atoms with Gasteiger partial charge in [-0.1, -0.05) is 12.1 Å². The van der Waals surface area contributed by atoms with E-state index < -0.39 is 35.1 Å². The Morgan fingerprint density at radius 1 is 1.12 bits per heavy atom. The molecule has 1 N–H and O–H groups in total. The normalized spacial score (nSPS) is 20.9. The lowest BCUT2D eigenvalue weighted by Gasteiger charge is -2.31. The minimum Gasteiger partial charge on any atom is -0.507 e. The Morgan fingerprint density at radius 2 is 1.88 bits per heavy atom. The highest BCUT2D eigenvalue weighted by Gasteiger charge is 2.46. The number of aliphatic hydroxyl groups is 1. The lowest BCUT2D eigenvalue weighted by Crippen LogP contribution is -2.42. The van der Waals surface area contributed by atoms with Crippen molar-refractivity contribution in [3.8, 4) is 5.75 Å². The summed E-state index contributed by atoms with van der Waals surface area (Å²) in [5.41, 5.74) is 0.143. The summed E-state index contributed by atoms with van der Waals surface area (Å²) in [6, 6.07) is 8.26. The third-order valence-electron chi connectivity index (χ3n) is 5.89. The first kappa shape index (κ1) is 22.9. The second-order valence-electron chi connectivity index (χ2n) is 7.85. The fraction of sp³-hybridized carbons (Fsp3) is 0.333. The zero-order valence-corrected chi connectivity index (χ0v) is 18.1. The molecular formula is C24H24F2N2O5. The van der Waals surface area contributed by atoms with Gasteiger partial charge < -0.3 is 19.5 Å². The minimum atomic E-state index is -1.01. The Labute approximate surface area is 189 Å². The van der Waals surface area contributed by atoms with E-state index in [-0.39, 0.29) is 23.4 Å². The Balaban J connectivity index is 1.75. The van der Waals surface area contributed by atoms with Crippen LogP contribution in [0.15, 0.2) is 48.0 Å². The highest BCUT2D eigenvalue weighted by Crippen LogP contribution is 2.39. The third kappa shape index (κ3) is 4.60.